The van der Waals surface area contributed by atoms with E-state index in [2.05, 4.69) is 20.4 Å². The van der Waals surface area contributed by atoms with Crippen LogP contribution in [0.15, 0.2) is 42.7 Å². The molecule has 0 spiro atoms. The molecular formula is C16H16N6O. The first-order chi connectivity index (χ1) is 11.1. The maximum absolute atomic E-state index is 12.3. The van der Waals surface area contributed by atoms with Crippen LogP contribution in [0.3, 0.4) is 0 Å². The molecular weight excluding hydrogens is 292 g/mol. The van der Waals surface area contributed by atoms with Gasteiger partial charge in [0.25, 0.3) is 5.91 Å². The molecule has 0 saturated carbocycles. The summed E-state index contributed by atoms with van der Waals surface area (Å²) in [6.07, 6.45) is 2.86. The third-order valence-electron chi connectivity index (χ3n) is 3.48. The molecule has 116 valence electrons. The predicted molar refractivity (Wildman–Crippen MR) is 87.8 cm³/mol. The minimum absolute atomic E-state index is 0.0890. The Hall–Kier alpha value is -3.22. The summed E-state index contributed by atoms with van der Waals surface area (Å²) in [5.74, 6) is 0.222. The zero-order valence-corrected chi connectivity index (χ0v) is 12.8. The number of nitrogen functional groups attached to an aromatic ring is 1. The number of benzene rings is 1. The van der Waals surface area contributed by atoms with Crippen molar-refractivity contribution < 1.29 is 4.79 Å². The lowest BCUT2D eigenvalue weighted by atomic mass is 10.1. The Balaban J connectivity index is 1.89. The van der Waals surface area contributed by atoms with Crippen molar-refractivity contribution in [2.45, 2.75) is 6.92 Å². The van der Waals surface area contributed by atoms with Gasteiger partial charge < -0.3 is 11.1 Å². The average Bonchev–Trinajstić information content (AvgIpc) is 2.89. The Morgan fingerprint density at radius 3 is 2.70 bits per heavy atom. The van der Waals surface area contributed by atoms with Crippen LogP contribution in [0.5, 0.6) is 0 Å². The van der Waals surface area contributed by atoms with E-state index in [1.165, 1.54) is 12.4 Å². The third-order valence-corrected chi connectivity index (χ3v) is 3.48. The summed E-state index contributed by atoms with van der Waals surface area (Å²) in [5.41, 5.74) is 8.68. The van der Waals surface area contributed by atoms with Gasteiger partial charge in [0.15, 0.2) is 11.5 Å². The van der Waals surface area contributed by atoms with Crippen LogP contribution < -0.4 is 11.1 Å². The fraction of sp³-hybridized carbons (Fsp3) is 0.125. The van der Waals surface area contributed by atoms with Crippen molar-refractivity contribution in [3.8, 4) is 11.3 Å². The molecule has 0 aliphatic rings. The van der Waals surface area contributed by atoms with Crippen molar-refractivity contribution >= 4 is 17.5 Å². The summed E-state index contributed by atoms with van der Waals surface area (Å²) in [4.78, 5) is 20.1. The molecule has 3 rings (SSSR count). The number of hydrogen-bond donors (Lipinski definition) is 2. The molecule has 1 aromatic carbocycles. The average molecular weight is 308 g/mol. The molecule has 2 heterocycles. The lowest BCUT2D eigenvalue weighted by Crippen LogP contribution is -2.18. The summed E-state index contributed by atoms with van der Waals surface area (Å²) in [6, 6.07) is 9.75. The number of amides is 1. The second kappa shape index (κ2) is 5.88. The van der Waals surface area contributed by atoms with E-state index in [1.807, 2.05) is 37.3 Å². The number of carbonyl (C=O) groups is 1. The van der Waals surface area contributed by atoms with Crippen LogP contribution in [0, 0.1) is 6.92 Å². The van der Waals surface area contributed by atoms with Gasteiger partial charge in [-0.1, -0.05) is 24.3 Å². The summed E-state index contributed by atoms with van der Waals surface area (Å²) >= 11 is 0. The van der Waals surface area contributed by atoms with Gasteiger partial charge in [-0.25, -0.2) is 9.97 Å². The molecule has 1 amide bonds. The van der Waals surface area contributed by atoms with Gasteiger partial charge in [-0.15, -0.1) is 0 Å². The number of nitrogens with two attached hydrogens (primary N) is 1. The van der Waals surface area contributed by atoms with E-state index in [0.717, 1.165) is 16.8 Å². The van der Waals surface area contributed by atoms with Crippen molar-refractivity contribution in [2.75, 3.05) is 11.1 Å². The largest absolute Gasteiger partial charge is 0.382 e. The van der Waals surface area contributed by atoms with E-state index in [1.54, 1.807) is 11.7 Å². The van der Waals surface area contributed by atoms with Gasteiger partial charge >= 0.3 is 0 Å². The summed E-state index contributed by atoms with van der Waals surface area (Å²) in [5, 5.41) is 7.20. The first kappa shape index (κ1) is 14.7. The van der Waals surface area contributed by atoms with Gasteiger partial charge in [-0.3, -0.25) is 9.48 Å². The number of nitrogens with zero attached hydrogens (tertiary/aromatic N) is 4. The highest BCUT2D eigenvalue weighted by Gasteiger charge is 2.15. The Morgan fingerprint density at radius 2 is 1.96 bits per heavy atom. The van der Waals surface area contributed by atoms with E-state index >= 15 is 0 Å². The number of nitrogens with one attached hydrogen (secondary N) is 1. The maximum Gasteiger partial charge on any atom is 0.279 e. The highest BCUT2D eigenvalue weighted by Crippen LogP contribution is 2.24. The van der Waals surface area contributed by atoms with E-state index in [4.69, 9.17) is 5.73 Å². The van der Waals surface area contributed by atoms with Crippen molar-refractivity contribution in [1.29, 1.82) is 0 Å². The van der Waals surface area contributed by atoms with Gasteiger partial charge in [0.2, 0.25) is 0 Å². The molecule has 7 heteroatoms. The number of rotatable bonds is 3. The van der Waals surface area contributed by atoms with Crippen molar-refractivity contribution in [2.24, 2.45) is 7.05 Å². The second-order valence-electron chi connectivity index (χ2n) is 5.10. The molecule has 0 aliphatic heterocycles. The maximum atomic E-state index is 12.3. The minimum Gasteiger partial charge on any atom is -0.382 e. The lowest BCUT2D eigenvalue weighted by Gasteiger charge is -2.05. The molecule has 23 heavy (non-hydrogen) atoms. The Bertz CT molecular complexity index is 871. The second-order valence-corrected chi connectivity index (χ2v) is 5.10. The van der Waals surface area contributed by atoms with Crippen LogP contribution in [0.2, 0.25) is 0 Å². The molecule has 7 nitrogen and oxygen atoms in total. The normalized spacial score (nSPS) is 10.5. The zero-order chi connectivity index (χ0) is 16.4. The topological polar surface area (TPSA) is 98.7 Å². The highest BCUT2D eigenvalue weighted by atomic mass is 16.2. The molecule has 0 aliphatic carbocycles. The smallest absolute Gasteiger partial charge is 0.279 e. The van der Waals surface area contributed by atoms with Crippen molar-refractivity contribution in [3.63, 3.8) is 0 Å². The van der Waals surface area contributed by atoms with Gasteiger partial charge in [0, 0.05) is 31.1 Å². The number of anilines is 2. The number of hydrogen-bond acceptors (Lipinski definition) is 5. The first-order valence-corrected chi connectivity index (χ1v) is 7.04. The molecule has 0 fully saturated rings. The standard InChI is InChI=1S/C16H16N6O/c1-10-5-3-4-6-11(10)12-9-13(22(2)21-12)20-16(23)14-15(17)19-8-7-18-14/h3-9H,1-2H3,(H2,17,19)(H,20,23). The number of aromatic nitrogens is 4. The molecule has 3 N–H and O–H groups in total. The third kappa shape index (κ3) is 2.89. The highest BCUT2D eigenvalue weighted by molar-refractivity contribution is 6.05. The molecule has 3 aromatic rings. The molecule has 2 aromatic heterocycles. The molecule has 0 bridgehead atoms. The fourth-order valence-electron chi connectivity index (χ4n) is 2.28. The summed E-state index contributed by atoms with van der Waals surface area (Å²) in [7, 11) is 1.76. The Labute approximate surface area is 133 Å². The molecule has 0 saturated heterocycles. The predicted octanol–water partition coefficient (Wildman–Crippen LogP) is 2.02. The van der Waals surface area contributed by atoms with Crippen LogP contribution in [-0.4, -0.2) is 25.7 Å². The van der Waals surface area contributed by atoms with Crippen LogP contribution >= 0.6 is 0 Å². The minimum atomic E-state index is -0.421. The summed E-state index contributed by atoms with van der Waals surface area (Å²) < 4.78 is 1.60. The quantitative estimate of drug-likeness (QED) is 0.771. The molecule has 0 radical (unpaired) electrons. The number of carbonyl (C=O) groups excluding carboxylic acids is 1. The Kier molecular flexibility index (Phi) is 3.76. The fourth-order valence-corrected chi connectivity index (χ4v) is 2.28. The lowest BCUT2D eigenvalue weighted by molar-refractivity contribution is 0.102. The Morgan fingerprint density at radius 1 is 1.22 bits per heavy atom. The van der Waals surface area contributed by atoms with Crippen LogP contribution in [0.25, 0.3) is 11.3 Å². The van der Waals surface area contributed by atoms with Gasteiger partial charge in [-0.05, 0) is 12.5 Å². The molecule has 0 unspecified atom stereocenters. The van der Waals surface area contributed by atoms with Crippen LogP contribution in [-0.2, 0) is 7.05 Å². The zero-order valence-electron chi connectivity index (χ0n) is 12.8. The SMILES string of the molecule is Cc1ccccc1-c1cc(NC(=O)c2nccnc2N)n(C)n1. The molecule has 0 atom stereocenters. The number of aryl methyl sites for hydroxylation is 2. The van der Waals surface area contributed by atoms with Gasteiger partial charge in [0.05, 0.1) is 5.69 Å². The van der Waals surface area contributed by atoms with E-state index < -0.39 is 5.91 Å². The first-order valence-electron chi connectivity index (χ1n) is 7.04. The van der Waals surface area contributed by atoms with E-state index in [9.17, 15) is 4.79 Å². The van der Waals surface area contributed by atoms with E-state index in [-0.39, 0.29) is 11.5 Å². The van der Waals surface area contributed by atoms with Crippen LogP contribution in [0.1, 0.15) is 16.1 Å². The van der Waals surface area contributed by atoms with Gasteiger partial charge in [0.1, 0.15) is 5.82 Å². The summed E-state index contributed by atoms with van der Waals surface area (Å²) in [6.45, 7) is 2.02. The van der Waals surface area contributed by atoms with Crippen LogP contribution in [0.4, 0.5) is 11.6 Å². The van der Waals surface area contributed by atoms with Gasteiger partial charge in [-0.2, -0.15) is 5.10 Å². The van der Waals surface area contributed by atoms with Crippen molar-refractivity contribution in [3.05, 3.63) is 54.0 Å². The van der Waals surface area contributed by atoms with Crippen molar-refractivity contribution in [1.82, 2.24) is 19.7 Å². The van der Waals surface area contributed by atoms with E-state index in [0.29, 0.717) is 5.82 Å². The monoisotopic (exact) mass is 308 g/mol.